The maximum atomic E-state index is 11.4. The quantitative estimate of drug-likeness (QED) is 0.643. The Morgan fingerprint density at radius 3 is 1.48 bits per heavy atom. The van der Waals surface area contributed by atoms with Gasteiger partial charge in [0, 0.05) is 6.54 Å². The molecule has 1 rings (SSSR count). The van der Waals surface area contributed by atoms with Crippen LogP contribution in [0.5, 0.6) is 0 Å². The van der Waals surface area contributed by atoms with Crippen molar-refractivity contribution in [2.45, 2.75) is 91.6 Å². The highest BCUT2D eigenvalue weighted by molar-refractivity contribution is 7.07. The minimum absolute atomic E-state index is 0. The molecule has 0 fully saturated rings. The zero-order valence-corrected chi connectivity index (χ0v) is 13.6. The largest absolute Gasteiger partial charge is 0.300 e. The summed E-state index contributed by atoms with van der Waals surface area (Å²) in [6, 6.07) is 0. The average molecular weight is 324 g/mol. The van der Waals surface area contributed by atoms with Gasteiger partial charge in [0.1, 0.15) is 0 Å². The second-order valence-electron chi connectivity index (χ2n) is 2.20. The lowest BCUT2D eigenvalue weighted by atomic mass is 10.6. The highest BCUT2D eigenvalue weighted by Crippen LogP contribution is 1.73. The van der Waals surface area contributed by atoms with Crippen molar-refractivity contribution in [2.24, 2.45) is 0 Å². The van der Waals surface area contributed by atoms with Gasteiger partial charge < -0.3 is 0 Å². The summed E-state index contributed by atoms with van der Waals surface area (Å²) in [5, 5.41) is 0. The maximum absolute atomic E-state index is 11.4. The van der Waals surface area contributed by atoms with Gasteiger partial charge in [0.2, 0.25) is 0 Å². The van der Waals surface area contributed by atoms with E-state index in [0.29, 0.717) is 6.54 Å². The van der Waals surface area contributed by atoms with E-state index in [1.165, 1.54) is 11.3 Å². The Hall–Kier alpha value is -0.830. The molecule has 3 heteroatoms. The summed E-state index contributed by atoms with van der Waals surface area (Å²) in [5.74, 6) is 0. The summed E-state index contributed by atoms with van der Waals surface area (Å²) in [4.78, 5) is 11.4. The van der Waals surface area contributed by atoms with Crippen molar-refractivity contribution in [1.82, 2.24) is 4.57 Å². The monoisotopic (exact) mass is 323 g/mol. The number of hydrogen-bond donors (Lipinski definition) is 0. The van der Waals surface area contributed by atoms with Crippen molar-refractivity contribution in [3.8, 4) is 0 Å². The normalized spacial score (nSPS) is 7.33. The Balaban J connectivity index is -0.0000000352. The van der Waals surface area contributed by atoms with Gasteiger partial charge >= 0.3 is 0 Å². The van der Waals surface area contributed by atoms with Crippen molar-refractivity contribution >= 4 is 24.0 Å². The number of rotatable bonds is 1. The minimum Gasteiger partial charge on any atom is -0.300 e. The van der Waals surface area contributed by atoms with Crippen LogP contribution in [-0.4, -0.2) is 4.57 Å². The second-order valence-corrected chi connectivity index (χ2v) is 3.31. The smallest absolute Gasteiger partial charge is 0.268 e. The van der Waals surface area contributed by atoms with Crippen LogP contribution >= 0.6 is 11.3 Å². The first-order valence-corrected chi connectivity index (χ1v) is 7.37. The predicted octanol–water partition coefficient (Wildman–Crippen LogP) is 5.76. The van der Waals surface area contributed by atoms with Crippen LogP contribution in [0.15, 0.2) is 4.79 Å². The summed E-state index contributed by atoms with van der Waals surface area (Å²) < 4.78 is 3.31. The van der Waals surface area contributed by atoms with Gasteiger partial charge in [-0.1, -0.05) is 83.9 Å². The van der Waals surface area contributed by atoms with Crippen LogP contribution < -0.4 is 14.8 Å². The number of thiazole rings is 1. The molecular formula is C18H45NOS. The highest BCUT2D eigenvalue weighted by Gasteiger charge is 1.97. The standard InChI is InChI=1S/C8H11NOS.3C2H6.4CH4/c1-4-7-8(10)9(5-2)6(3)11-7;3*1-2;;;;/h4H,3,5H2,1-2H3;3*1-2H3;4*1H4/b7-4-;;;;;;;. The van der Waals surface area contributed by atoms with Gasteiger partial charge in [0.05, 0.1) is 9.20 Å². The first-order valence-electron chi connectivity index (χ1n) is 6.55. The van der Waals surface area contributed by atoms with Crippen LogP contribution in [0.4, 0.5) is 0 Å². The molecule has 2 nitrogen and oxygen atoms in total. The van der Waals surface area contributed by atoms with Gasteiger partial charge in [-0.15, -0.1) is 11.3 Å². The lowest BCUT2D eigenvalue weighted by molar-refractivity contribution is 0.724. The van der Waals surface area contributed by atoms with Crippen LogP contribution in [0.3, 0.4) is 0 Å². The molecule has 0 radical (unpaired) electrons. The summed E-state index contributed by atoms with van der Waals surface area (Å²) in [7, 11) is 0. The van der Waals surface area contributed by atoms with Crippen molar-refractivity contribution in [2.75, 3.05) is 0 Å². The molecule has 0 unspecified atom stereocenters. The fourth-order valence-electron chi connectivity index (χ4n) is 0.974. The molecule has 1 heterocycles. The van der Waals surface area contributed by atoms with Crippen LogP contribution in [0.1, 0.15) is 85.1 Å². The fourth-order valence-corrected chi connectivity index (χ4v) is 1.87. The molecule has 0 amide bonds. The van der Waals surface area contributed by atoms with E-state index in [-0.39, 0.29) is 35.3 Å². The van der Waals surface area contributed by atoms with E-state index in [9.17, 15) is 4.79 Å². The molecule has 0 N–H and O–H groups in total. The summed E-state index contributed by atoms with van der Waals surface area (Å²) in [6.07, 6.45) is 1.83. The first kappa shape index (κ1) is 42.7. The van der Waals surface area contributed by atoms with Gasteiger partial charge in [-0.3, -0.25) is 9.36 Å². The summed E-state index contributed by atoms with van der Waals surface area (Å²) >= 11 is 1.45. The molecule has 0 saturated carbocycles. The molecule has 0 aliphatic rings. The van der Waals surface area contributed by atoms with Gasteiger partial charge in [-0.05, 0) is 13.8 Å². The maximum Gasteiger partial charge on any atom is 0.268 e. The lowest BCUT2D eigenvalue weighted by Crippen LogP contribution is -2.29. The Morgan fingerprint density at radius 1 is 1.00 bits per heavy atom. The molecule has 0 spiro atoms. The molecule has 1 aromatic rings. The Bertz CT molecular complexity index is 402. The van der Waals surface area contributed by atoms with Crippen molar-refractivity contribution in [3.05, 3.63) is 19.5 Å². The predicted molar refractivity (Wildman–Crippen MR) is 110 cm³/mol. The highest BCUT2D eigenvalue weighted by atomic mass is 32.1. The SMILES string of the molecule is C.C.C.C.C=c1s/c(=C\C)c(=O)n1CC.CC.CC.CC. The van der Waals surface area contributed by atoms with Crippen molar-refractivity contribution in [3.63, 3.8) is 0 Å². The van der Waals surface area contributed by atoms with Gasteiger partial charge in [0.15, 0.2) is 0 Å². The van der Waals surface area contributed by atoms with E-state index in [0.717, 1.165) is 9.20 Å². The number of aromatic nitrogens is 1. The molecule has 0 aliphatic carbocycles. The Labute approximate surface area is 140 Å². The molecule has 0 saturated heterocycles. The van der Waals surface area contributed by atoms with Crippen LogP contribution in [0.2, 0.25) is 0 Å². The summed E-state index contributed by atoms with van der Waals surface area (Å²) in [6.45, 7) is 20.3. The third-order valence-electron chi connectivity index (χ3n) is 1.56. The van der Waals surface area contributed by atoms with Crippen LogP contribution in [0, 0.1) is 0 Å². The number of nitrogens with zero attached hydrogens (tertiary/aromatic N) is 1. The second kappa shape index (κ2) is 31.5. The van der Waals surface area contributed by atoms with Gasteiger partial charge in [-0.2, -0.15) is 0 Å². The minimum atomic E-state index is 0. The third kappa shape index (κ3) is 15.4. The van der Waals surface area contributed by atoms with E-state index in [1.54, 1.807) is 4.57 Å². The third-order valence-corrected chi connectivity index (χ3v) is 2.65. The molecule has 0 atom stereocenters. The molecule has 134 valence electrons. The Morgan fingerprint density at radius 2 is 1.33 bits per heavy atom. The van der Waals surface area contributed by atoms with Crippen molar-refractivity contribution in [1.29, 1.82) is 0 Å². The topological polar surface area (TPSA) is 22.0 Å². The molecular weight excluding hydrogens is 278 g/mol. The molecule has 0 aromatic carbocycles. The zero-order chi connectivity index (χ0) is 14.4. The summed E-state index contributed by atoms with van der Waals surface area (Å²) in [5.41, 5.74) is 0.0880. The fraction of sp³-hybridized carbons (Fsp3) is 0.722. The lowest BCUT2D eigenvalue weighted by Gasteiger charge is -1.90. The Kier molecular flexibility index (Phi) is 64.1. The molecule has 1 aromatic heterocycles. The average Bonchev–Trinajstić information content (AvgIpc) is 2.70. The van der Waals surface area contributed by atoms with E-state index in [1.807, 2.05) is 61.5 Å². The van der Waals surface area contributed by atoms with Crippen molar-refractivity contribution < 1.29 is 0 Å². The number of hydrogen-bond acceptors (Lipinski definition) is 2. The van der Waals surface area contributed by atoms with E-state index in [2.05, 4.69) is 6.58 Å². The first-order chi connectivity index (χ1) is 8.20. The van der Waals surface area contributed by atoms with Crippen LogP contribution in [-0.2, 0) is 6.54 Å². The zero-order valence-electron chi connectivity index (χ0n) is 12.8. The van der Waals surface area contributed by atoms with E-state index >= 15 is 0 Å². The van der Waals surface area contributed by atoms with Crippen LogP contribution in [0.25, 0.3) is 12.7 Å². The van der Waals surface area contributed by atoms with E-state index < -0.39 is 0 Å². The molecule has 21 heavy (non-hydrogen) atoms. The van der Waals surface area contributed by atoms with Gasteiger partial charge in [0.25, 0.3) is 5.56 Å². The van der Waals surface area contributed by atoms with Gasteiger partial charge in [-0.25, -0.2) is 0 Å². The molecule has 0 bridgehead atoms. The van der Waals surface area contributed by atoms with E-state index in [4.69, 9.17) is 0 Å². The molecule has 0 aliphatic heterocycles.